The molecule has 1 N–H and O–H groups in total. The Morgan fingerprint density at radius 2 is 1.95 bits per heavy atom. The van der Waals surface area contributed by atoms with Gasteiger partial charge in [-0.2, -0.15) is 0 Å². The van der Waals surface area contributed by atoms with Gasteiger partial charge in [0.2, 0.25) is 0 Å². The summed E-state index contributed by atoms with van der Waals surface area (Å²) in [4.78, 5) is 0. The Morgan fingerprint density at radius 1 is 1.21 bits per heavy atom. The summed E-state index contributed by atoms with van der Waals surface area (Å²) in [7, 11) is 2.09. The lowest BCUT2D eigenvalue weighted by Crippen LogP contribution is -2.31. The summed E-state index contributed by atoms with van der Waals surface area (Å²) in [5, 5.41) is 3.41. The highest BCUT2D eigenvalue weighted by Crippen LogP contribution is 2.61. The van der Waals surface area contributed by atoms with Gasteiger partial charge in [0, 0.05) is 6.54 Å². The topological polar surface area (TPSA) is 21.3 Å². The molecular formula is C17H25NO. The van der Waals surface area contributed by atoms with Crippen LogP contribution in [0.25, 0.3) is 0 Å². The quantitative estimate of drug-likeness (QED) is 0.757. The minimum Gasteiger partial charge on any atom is -0.494 e. The van der Waals surface area contributed by atoms with Gasteiger partial charge in [0.05, 0.1) is 6.61 Å². The summed E-state index contributed by atoms with van der Waals surface area (Å²) in [6.45, 7) is 2.04. The molecule has 2 unspecified atom stereocenters. The van der Waals surface area contributed by atoms with E-state index >= 15 is 0 Å². The van der Waals surface area contributed by atoms with Crippen LogP contribution in [0.3, 0.4) is 0 Å². The van der Waals surface area contributed by atoms with Crippen LogP contribution in [0.2, 0.25) is 0 Å². The lowest BCUT2D eigenvalue weighted by atomic mass is 9.79. The van der Waals surface area contributed by atoms with Gasteiger partial charge in [0.1, 0.15) is 5.75 Å². The predicted molar refractivity (Wildman–Crippen MR) is 78.4 cm³/mol. The van der Waals surface area contributed by atoms with E-state index in [9.17, 15) is 0 Å². The van der Waals surface area contributed by atoms with Crippen LogP contribution in [-0.4, -0.2) is 20.2 Å². The number of benzene rings is 1. The van der Waals surface area contributed by atoms with E-state index in [-0.39, 0.29) is 0 Å². The molecule has 0 heterocycles. The molecule has 2 heteroatoms. The van der Waals surface area contributed by atoms with Crippen molar-refractivity contribution in [3.8, 4) is 5.75 Å². The highest BCUT2D eigenvalue weighted by molar-refractivity contribution is 5.20. The molecular weight excluding hydrogens is 234 g/mol. The first-order chi connectivity index (χ1) is 9.31. The Labute approximate surface area is 116 Å². The van der Waals surface area contributed by atoms with Gasteiger partial charge >= 0.3 is 0 Å². The third-order valence-corrected chi connectivity index (χ3v) is 4.87. The number of nitrogens with one attached hydrogen (secondary N) is 1. The lowest BCUT2D eigenvalue weighted by Gasteiger charge is -2.30. The van der Waals surface area contributed by atoms with Crippen molar-refractivity contribution in [2.75, 3.05) is 20.2 Å². The van der Waals surface area contributed by atoms with Crippen LogP contribution in [0.15, 0.2) is 30.3 Å². The Morgan fingerprint density at radius 3 is 2.63 bits per heavy atom. The molecule has 2 aliphatic carbocycles. The first-order valence-corrected chi connectivity index (χ1v) is 7.64. The number of hydrogen-bond acceptors (Lipinski definition) is 2. The van der Waals surface area contributed by atoms with Crippen molar-refractivity contribution >= 4 is 0 Å². The zero-order valence-corrected chi connectivity index (χ0v) is 11.9. The van der Waals surface area contributed by atoms with Crippen LogP contribution < -0.4 is 10.1 Å². The average Bonchev–Trinajstić information content (AvgIpc) is 3.05. The van der Waals surface area contributed by atoms with E-state index < -0.39 is 0 Å². The molecule has 0 spiro atoms. The second-order valence-corrected chi connectivity index (χ2v) is 6.46. The molecule has 0 saturated heterocycles. The standard InChI is InChI=1S/C17H25NO/c1-18-13-17(11-14-10-15(14)12-17)8-5-9-19-16-6-3-2-4-7-16/h2-4,6-7,14-15,18H,5,8-13H2,1H3. The van der Waals surface area contributed by atoms with Crippen LogP contribution in [0.4, 0.5) is 0 Å². The third-order valence-electron chi connectivity index (χ3n) is 4.87. The monoisotopic (exact) mass is 259 g/mol. The molecule has 0 radical (unpaired) electrons. The molecule has 19 heavy (non-hydrogen) atoms. The van der Waals surface area contributed by atoms with Crippen LogP contribution in [-0.2, 0) is 0 Å². The summed E-state index contributed by atoms with van der Waals surface area (Å²) < 4.78 is 5.81. The highest BCUT2D eigenvalue weighted by atomic mass is 16.5. The summed E-state index contributed by atoms with van der Waals surface area (Å²) in [5.41, 5.74) is 0.572. The molecule has 0 aromatic heterocycles. The van der Waals surface area contributed by atoms with E-state index in [1.54, 1.807) is 0 Å². The zero-order chi connectivity index (χ0) is 13.1. The molecule has 2 atom stereocenters. The maximum atomic E-state index is 5.81. The van der Waals surface area contributed by atoms with Crippen molar-refractivity contribution < 1.29 is 4.74 Å². The van der Waals surface area contributed by atoms with Crippen molar-refractivity contribution in [2.24, 2.45) is 17.3 Å². The minimum absolute atomic E-state index is 0.572. The molecule has 2 fully saturated rings. The van der Waals surface area contributed by atoms with Crippen molar-refractivity contribution in [3.63, 3.8) is 0 Å². The van der Waals surface area contributed by atoms with Crippen LogP contribution in [0, 0.1) is 17.3 Å². The van der Waals surface area contributed by atoms with Gasteiger partial charge in [-0.1, -0.05) is 18.2 Å². The van der Waals surface area contributed by atoms with Crippen LogP contribution in [0.5, 0.6) is 5.75 Å². The van der Waals surface area contributed by atoms with Gasteiger partial charge in [-0.25, -0.2) is 0 Å². The number of rotatable bonds is 7. The van der Waals surface area contributed by atoms with Gasteiger partial charge in [0.15, 0.2) is 0 Å². The SMILES string of the molecule is CNCC1(CCCOc2ccccc2)CC2CC2C1. The average molecular weight is 259 g/mol. The molecule has 0 amide bonds. The summed E-state index contributed by atoms with van der Waals surface area (Å²) >= 11 is 0. The second kappa shape index (κ2) is 5.54. The van der Waals surface area contributed by atoms with Gasteiger partial charge < -0.3 is 10.1 Å². The first-order valence-electron chi connectivity index (χ1n) is 7.64. The largest absolute Gasteiger partial charge is 0.494 e. The van der Waals surface area contributed by atoms with Gasteiger partial charge in [-0.3, -0.25) is 0 Å². The number of para-hydroxylation sites is 1. The molecule has 0 bridgehead atoms. The van der Waals surface area contributed by atoms with Gasteiger partial charge in [-0.15, -0.1) is 0 Å². The maximum absolute atomic E-state index is 5.81. The smallest absolute Gasteiger partial charge is 0.119 e. The molecule has 1 aromatic carbocycles. The molecule has 2 saturated carbocycles. The summed E-state index contributed by atoms with van der Waals surface area (Å²) in [5.74, 6) is 3.12. The van der Waals surface area contributed by atoms with E-state index in [0.717, 1.165) is 24.2 Å². The first kappa shape index (κ1) is 13.0. The second-order valence-electron chi connectivity index (χ2n) is 6.46. The van der Waals surface area contributed by atoms with Crippen molar-refractivity contribution in [3.05, 3.63) is 30.3 Å². The van der Waals surface area contributed by atoms with E-state index in [4.69, 9.17) is 4.74 Å². The third kappa shape index (κ3) is 3.11. The molecule has 1 aromatic rings. The van der Waals surface area contributed by atoms with E-state index in [2.05, 4.69) is 12.4 Å². The van der Waals surface area contributed by atoms with Crippen molar-refractivity contribution in [2.45, 2.75) is 32.1 Å². The van der Waals surface area contributed by atoms with Crippen molar-refractivity contribution in [1.29, 1.82) is 0 Å². The Hall–Kier alpha value is -1.02. The number of fused-ring (bicyclic) bond motifs is 1. The fourth-order valence-corrected chi connectivity index (χ4v) is 3.97. The van der Waals surface area contributed by atoms with E-state index in [0.29, 0.717) is 5.41 Å². The Bertz CT molecular complexity index is 393. The number of ether oxygens (including phenoxy) is 1. The molecule has 0 aliphatic heterocycles. The molecule has 104 valence electrons. The number of hydrogen-bond donors (Lipinski definition) is 1. The normalized spacial score (nSPS) is 32.1. The minimum atomic E-state index is 0.572. The molecule has 3 rings (SSSR count). The fraction of sp³-hybridized carbons (Fsp3) is 0.647. The van der Waals surface area contributed by atoms with E-state index in [1.807, 2.05) is 30.3 Å². The Kier molecular flexibility index (Phi) is 3.79. The van der Waals surface area contributed by atoms with Gasteiger partial charge in [0.25, 0.3) is 0 Å². The fourth-order valence-electron chi connectivity index (χ4n) is 3.97. The summed E-state index contributed by atoms with van der Waals surface area (Å²) in [6.07, 6.45) is 6.89. The molecule has 2 aliphatic rings. The maximum Gasteiger partial charge on any atom is 0.119 e. The summed E-state index contributed by atoms with van der Waals surface area (Å²) in [6, 6.07) is 10.2. The Balaban J connectivity index is 1.43. The van der Waals surface area contributed by atoms with Crippen molar-refractivity contribution in [1.82, 2.24) is 5.32 Å². The highest BCUT2D eigenvalue weighted by Gasteiger charge is 2.52. The van der Waals surface area contributed by atoms with Gasteiger partial charge in [-0.05, 0) is 68.5 Å². The lowest BCUT2D eigenvalue weighted by molar-refractivity contribution is 0.204. The predicted octanol–water partition coefficient (Wildman–Crippen LogP) is 3.48. The van der Waals surface area contributed by atoms with Crippen LogP contribution in [0.1, 0.15) is 32.1 Å². The van der Waals surface area contributed by atoms with Crippen LogP contribution >= 0.6 is 0 Å². The van der Waals surface area contributed by atoms with E-state index in [1.165, 1.54) is 38.6 Å². The zero-order valence-electron chi connectivity index (χ0n) is 11.9. The molecule has 2 nitrogen and oxygen atoms in total.